The van der Waals surface area contributed by atoms with E-state index in [0.29, 0.717) is 19.6 Å². The van der Waals surface area contributed by atoms with Crippen LogP contribution >= 0.6 is 11.8 Å². The number of carboxylic acid groups (broad SMARTS) is 1. The Morgan fingerprint density at radius 1 is 1.44 bits per heavy atom. The third-order valence-corrected chi connectivity index (χ3v) is 3.69. The van der Waals surface area contributed by atoms with Gasteiger partial charge in [0.2, 0.25) is 5.91 Å². The minimum Gasteiger partial charge on any atom is -0.481 e. The Morgan fingerprint density at radius 2 is 2.17 bits per heavy atom. The van der Waals surface area contributed by atoms with Gasteiger partial charge < -0.3 is 14.7 Å². The number of carbonyl (C=O) groups excluding carboxylic acids is 1. The van der Waals surface area contributed by atoms with Crippen molar-refractivity contribution in [2.24, 2.45) is 5.92 Å². The number of aliphatic carboxylic acids is 1. The molecule has 1 fully saturated rings. The second kappa shape index (κ2) is 7.63. The average molecular weight is 275 g/mol. The average Bonchev–Trinajstić information content (AvgIpc) is 2.81. The molecule has 2 unspecified atom stereocenters. The standard InChI is InChI=1S/C12H21NO4S/c1-3-5-13(11(14)4-6-18-2)10-8-17-7-9(10)12(15)16/h9-10H,3-8H2,1-2H3,(H,15,16). The minimum absolute atomic E-state index is 0.0351. The summed E-state index contributed by atoms with van der Waals surface area (Å²) in [5.74, 6) is -0.663. The number of carbonyl (C=O) groups is 2. The van der Waals surface area contributed by atoms with Crippen molar-refractivity contribution in [3.8, 4) is 0 Å². The van der Waals surface area contributed by atoms with E-state index >= 15 is 0 Å². The largest absolute Gasteiger partial charge is 0.481 e. The van der Waals surface area contributed by atoms with Crippen LogP contribution in [0.4, 0.5) is 0 Å². The maximum Gasteiger partial charge on any atom is 0.311 e. The van der Waals surface area contributed by atoms with Gasteiger partial charge in [0, 0.05) is 18.7 Å². The Bertz CT molecular complexity index is 298. The monoisotopic (exact) mass is 275 g/mol. The van der Waals surface area contributed by atoms with Crippen molar-refractivity contribution in [2.75, 3.05) is 31.8 Å². The molecule has 2 atom stereocenters. The van der Waals surface area contributed by atoms with Crippen LogP contribution in [0.25, 0.3) is 0 Å². The third kappa shape index (κ3) is 3.88. The topological polar surface area (TPSA) is 66.8 Å². The number of nitrogens with zero attached hydrogens (tertiary/aromatic N) is 1. The molecule has 1 aliphatic rings. The Labute approximate surface area is 112 Å². The number of carboxylic acids is 1. The predicted molar refractivity (Wildman–Crippen MR) is 70.7 cm³/mol. The van der Waals surface area contributed by atoms with Crippen molar-refractivity contribution >= 4 is 23.6 Å². The first-order chi connectivity index (χ1) is 8.61. The number of hydrogen-bond acceptors (Lipinski definition) is 4. The normalized spacial score (nSPS) is 23.0. The van der Waals surface area contributed by atoms with Gasteiger partial charge in [-0.3, -0.25) is 9.59 Å². The summed E-state index contributed by atoms with van der Waals surface area (Å²) in [5, 5.41) is 9.14. The van der Waals surface area contributed by atoms with Gasteiger partial charge >= 0.3 is 5.97 Å². The smallest absolute Gasteiger partial charge is 0.311 e. The second-order valence-electron chi connectivity index (χ2n) is 4.38. The number of hydrogen-bond donors (Lipinski definition) is 1. The van der Waals surface area contributed by atoms with Crippen molar-refractivity contribution in [3.05, 3.63) is 0 Å². The molecule has 5 nitrogen and oxygen atoms in total. The number of rotatable bonds is 7. The molecule has 0 spiro atoms. The van der Waals surface area contributed by atoms with E-state index in [9.17, 15) is 9.59 Å². The molecule has 0 saturated carbocycles. The van der Waals surface area contributed by atoms with Crippen LogP contribution in [0, 0.1) is 5.92 Å². The van der Waals surface area contributed by atoms with E-state index < -0.39 is 11.9 Å². The van der Waals surface area contributed by atoms with Crippen molar-refractivity contribution < 1.29 is 19.4 Å². The van der Waals surface area contributed by atoms with E-state index in [1.54, 1.807) is 16.7 Å². The summed E-state index contributed by atoms with van der Waals surface area (Å²) in [4.78, 5) is 24.9. The fourth-order valence-electron chi connectivity index (χ4n) is 2.14. The van der Waals surface area contributed by atoms with E-state index in [0.717, 1.165) is 12.2 Å². The maximum atomic E-state index is 12.1. The Balaban J connectivity index is 2.70. The maximum absolute atomic E-state index is 12.1. The zero-order valence-electron chi connectivity index (χ0n) is 10.9. The predicted octanol–water partition coefficient (Wildman–Crippen LogP) is 1.08. The van der Waals surface area contributed by atoms with Crippen LogP contribution in [0.2, 0.25) is 0 Å². The lowest BCUT2D eigenvalue weighted by Gasteiger charge is -2.30. The fourth-order valence-corrected chi connectivity index (χ4v) is 2.51. The van der Waals surface area contributed by atoms with Gasteiger partial charge in [0.05, 0.1) is 19.3 Å². The molecular weight excluding hydrogens is 254 g/mol. The van der Waals surface area contributed by atoms with Gasteiger partial charge in [-0.2, -0.15) is 11.8 Å². The minimum atomic E-state index is -0.878. The molecule has 0 radical (unpaired) electrons. The van der Waals surface area contributed by atoms with Crippen LogP contribution in [0.15, 0.2) is 0 Å². The molecule has 1 aliphatic heterocycles. The third-order valence-electron chi connectivity index (χ3n) is 3.07. The summed E-state index contributed by atoms with van der Waals surface area (Å²) in [6.07, 6.45) is 3.24. The van der Waals surface area contributed by atoms with Gasteiger partial charge in [0.15, 0.2) is 0 Å². The highest BCUT2D eigenvalue weighted by molar-refractivity contribution is 7.98. The molecule has 1 rings (SSSR count). The molecule has 104 valence electrons. The number of ether oxygens (including phenoxy) is 1. The SMILES string of the molecule is CCCN(C(=O)CCSC)C1COCC1C(=O)O. The lowest BCUT2D eigenvalue weighted by Crippen LogP contribution is -2.47. The van der Waals surface area contributed by atoms with Crippen molar-refractivity contribution in [3.63, 3.8) is 0 Å². The fraction of sp³-hybridized carbons (Fsp3) is 0.833. The van der Waals surface area contributed by atoms with E-state index in [1.807, 2.05) is 13.2 Å². The highest BCUT2D eigenvalue weighted by Gasteiger charge is 2.39. The molecule has 0 aliphatic carbocycles. The zero-order chi connectivity index (χ0) is 13.5. The van der Waals surface area contributed by atoms with Gasteiger partial charge in [-0.05, 0) is 12.7 Å². The first-order valence-electron chi connectivity index (χ1n) is 6.20. The van der Waals surface area contributed by atoms with Crippen LogP contribution in [0.1, 0.15) is 19.8 Å². The highest BCUT2D eigenvalue weighted by atomic mass is 32.2. The van der Waals surface area contributed by atoms with Gasteiger partial charge in [-0.15, -0.1) is 0 Å². The van der Waals surface area contributed by atoms with Crippen LogP contribution in [-0.2, 0) is 14.3 Å². The van der Waals surface area contributed by atoms with E-state index in [2.05, 4.69) is 0 Å². The molecule has 1 saturated heterocycles. The summed E-state index contributed by atoms with van der Waals surface area (Å²) in [7, 11) is 0. The van der Waals surface area contributed by atoms with Gasteiger partial charge in [0.1, 0.15) is 5.92 Å². The van der Waals surface area contributed by atoms with Crippen molar-refractivity contribution in [1.29, 1.82) is 0 Å². The molecule has 18 heavy (non-hydrogen) atoms. The Hall–Kier alpha value is -0.750. The van der Waals surface area contributed by atoms with Crippen molar-refractivity contribution in [1.82, 2.24) is 4.90 Å². The first-order valence-corrected chi connectivity index (χ1v) is 7.60. The summed E-state index contributed by atoms with van der Waals surface area (Å²) in [6.45, 7) is 3.13. The van der Waals surface area contributed by atoms with Gasteiger partial charge in [-0.25, -0.2) is 0 Å². The molecule has 0 aromatic rings. The molecule has 0 aromatic heterocycles. The van der Waals surface area contributed by atoms with Gasteiger partial charge in [-0.1, -0.05) is 6.92 Å². The molecular formula is C12H21NO4S. The highest BCUT2D eigenvalue weighted by Crippen LogP contribution is 2.21. The van der Waals surface area contributed by atoms with Crippen LogP contribution in [0.3, 0.4) is 0 Å². The summed E-state index contributed by atoms with van der Waals surface area (Å²) in [6, 6.07) is -0.309. The molecule has 1 heterocycles. The summed E-state index contributed by atoms with van der Waals surface area (Å²) in [5.41, 5.74) is 0. The zero-order valence-corrected chi connectivity index (χ0v) is 11.7. The lowest BCUT2D eigenvalue weighted by molar-refractivity contribution is -0.145. The van der Waals surface area contributed by atoms with E-state index in [-0.39, 0.29) is 18.6 Å². The Kier molecular flexibility index (Phi) is 6.49. The molecule has 0 aromatic carbocycles. The van der Waals surface area contributed by atoms with Crippen LogP contribution < -0.4 is 0 Å². The lowest BCUT2D eigenvalue weighted by atomic mass is 10.0. The first kappa shape index (κ1) is 15.3. The van der Waals surface area contributed by atoms with E-state index in [1.165, 1.54) is 0 Å². The molecule has 6 heteroatoms. The molecule has 1 N–H and O–H groups in total. The Morgan fingerprint density at radius 3 is 2.72 bits per heavy atom. The quantitative estimate of drug-likeness (QED) is 0.753. The van der Waals surface area contributed by atoms with Gasteiger partial charge in [0.25, 0.3) is 0 Å². The van der Waals surface area contributed by atoms with E-state index in [4.69, 9.17) is 9.84 Å². The van der Waals surface area contributed by atoms with Crippen LogP contribution in [0.5, 0.6) is 0 Å². The van der Waals surface area contributed by atoms with Crippen LogP contribution in [-0.4, -0.2) is 59.7 Å². The second-order valence-corrected chi connectivity index (χ2v) is 5.37. The molecule has 1 amide bonds. The summed E-state index contributed by atoms with van der Waals surface area (Å²) < 4.78 is 5.23. The number of amides is 1. The molecule has 0 bridgehead atoms. The number of thioether (sulfide) groups is 1. The summed E-state index contributed by atoms with van der Waals surface area (Å²) >= 11 is 1.62. The van der Waals surface area contributed by atoms with Crippen molar-refractivity contribution in [2.45, 2.75) is 25.8 Å².